The fourth-order valence-corrected chi connectivity index (χ4v) is 9.92. The predicted molar refractivity (Wildman–Crippen MR) is 165 cm³/mol. The minimum Gasteiger partial charge on any atom is -0.394 e. The van der Waals surface area contributed by atoms with Crippen LogP contribution in [0.1, 0.15) is 42.5 Å². The van der Waals surface area contributed by atoms with Crippen molar-refractivity contribution in [3.63, 3.8) is 0 Å². The third-order valence-corrected chi connectivity index (χ3v) is 11.5. The number of rotatable bonds is 8. The molecule has 3 N–H and O–H groups in total. The lowest BCUT2D eigenvalue weighted by Gasteiger charge is -2.37. The molecule has 9 heteroatoms. The number of carbonyl (C=O) groups excluding carboxylic acids is 3. The SMILES string of the molecule is Cc1cccc(Cl)c1NC(=O)C1N([C@H](CO)c2ccccc2)C(=O)[C@@H]2[C@H](C(=O)NCc3ccccc3)[C@]3(C)CCC12S3. The fraction of sp³-hybridized carbons (Fsp3) is 0.364. The third kappa shape index (κ3) is 4.60. The van der Waals surface area contributed by atoms with Gasteiger partial charge in [-0.3, -0.25) is 14.4 Å². The van der Waals surface area contributed by atoms with E-state index in [1.54, 1.807) is 22.7 Å². The second-order valence-corrected chi connectivity index (χ2v) is 14.0. The van der Waals surface area contributed by atoms with Crippen molar-refractivity contribution in [1.29, 1.82) is 0 Å². The number of nitrogens with one attached hydrogen (secondary N) is 2. The van der Waals surface area contributed by atoms with Crippen LogP contribution in [0.5, 0.6) is 0 Å². The number of aryl methyl sites for hydroxylation is 1. The summed E-state index contributed by atoms with van der Waals surface area (Å²) in [6.45, 7) is 3.90. The van der Waals surface area contributed by atoms with Crippen LogP contribution >= 0.6 is 23.4 Å². The van der Waals surface area contributed by atoms with Crippen LogP contribution < -0.4 is 10.6 Å². The number of aliphatic hydroxyl groups is 1. The highest BCUT2D eigenvalue weighted by Crippen LogP contribution is 2.72. The summed E-state index contributed by atoms with van der Waals surface area (Å²) in [6, 6.07) is 22.7. The van der Waals surface area contributed by atoms with Crippen molar-refractivity contribution in [2.45, 2.75) is 54.8 Å². The molecule has 6 atom stereocenters. The van der Waals surface area contributed by atoms with Crippen LogP contribution in [0.3, 0.4) is 0 Å². The van der Waals surface area contributed by atoms with Crippen LogP contribution in [0.15, 0.2) is 78.9 Å². The van der Waals surface area contributed by atoms with Crippen molar-refractivity contribution >= 4 is 46.8 Å². The van der Waals surface area contributed by atoms with Crippen molar-refractivity contribution in [1.82, 2.24) is 10.2 Å². The van der Waals surface area contributed by atoms with Crippen molar-refractivity contribution in [3.8, 4) is 0 Å². The van der Waals surface area contributed by atoms with Gasteiger partial charge < -0.3 is 20.6 Å². The van der Waals surface area contributed by atoms with Crippen molar-refractivity contribution in [2.75, 3.05) is 11.9 Å². The maximum absolute atomic E-state index is 14.6. The van der Waals surface area contributed by atoms with Gasteiger partial charge in [0.15, 0.2) is 0 Å². The van der Waals surface area contributed by atoms with Gasteiger partial charge in [0.2, 0.25) is 17.7 Å². The van der Waals surface area contributed by atoms with E-state index in [1.807, 2.05) is 86.6 Å². The molecule has 3 aliphatic rings. The fourth-order valence-electron chi connectivity index (χ4n) is 7.31. The molecule has 7 nitrogen and oxygen atoms in total. The van der Waals surface area contributed by atoms with E-state index in [2.05, 4.69) is 10.6 Å². The number of halogens is 1. The van der Waals surface area contributed by atoms with E-state index in [9.17, 15) is 19.5 Å². The zero-order valence-corrected chi connectivity index (χ0v) is 25.1. The Morgan fingerprint density at radius 2 is 1.71 bits per heavy atom. The van der Waals surface area contributed by atoms with Crippen molar-refractivity contribution in [2.24, 2.45) is 11.8 Å². The summed E-state index contributed by atoms with van der Waals surface area (Å²) in [6.07, 6.45) is 1.30. The zero-order chi connectivity index (χ0) is 29.6. The number of amides is 3. The Hall–Kier alpha value is -3.33. The Kier molecular flexibility index (Phi) is 7.58. The van der Waals surface area contributed by atoms with Crippen LogP contribution in [0, 0.1) is 18.8 Å². The normalized spacial score (nSPS) is 28.4. The van der Waals surface area contributed by atoms with Crippen molar-refractivity contribution < 1.29 is 19.5 Å². The van der Waals surface area contributed by atoms with Gasteiger partial charge in [-0.1, -0.05) is 84.4 Å². The van der Waals surface area contributed by atoms with E-state index in [4.69, 9.17) is 11.6 Å². The van der Waals surface area contributed by atoms with Crippen molar-refractivity contribution in [3.05, 3.63) is 101 Å². The molecule has 3 amide bonds. The third-order valence-electron chi connectivity index (χ3n) is 9.22. The Morgan fingerprint density at radius 3 is 2.38 bits per heavy atom. The summed E-state index contributed by atoms with van der Waals surface area (Å²) >= 11 is 8.10. The zero-order valence-electron chi connectivity index (χ0n) is 23.5. The molecule has 0 aromatic heterocycles. The highest BCUT2D eigenvalue weighted by Gasteiger charge is 2.77. The van der Waals surface area contributed by atoms with Gasteiger partial charge in [-0.2, -0.15) is 0 Å². The van der Waals surface area contributed by atoms with Gasteiger partial charge in [-0.05, 0) is 49.4 Å². The second kappa shape index (κ2) is 11.1. The van der Waals surface area contributed by atoms with E-state index < -0.39 is 33.4 Å². The molecule has 3 fully saturated rings. The molecule has 1 spiro atoms. The first-order chi connectivity index (χ1) is 20.2. The number of fused-ring (bicyclic) bond motifs is 1. The standard InChI is InChI=1S/C33H34ClN3O4S/c1-20-10-9-15-23(34)27(20)36-30(40)28-33-17-16-32(2,42-33)25(29(39)35-18-21-11-5-3-6-12-21)26(33)31(41)37(28)24(19-38)22-13-7-4-8-14-22/h3-15,24-26,28,38H,16-19H2,1-2H3,(H,35,39)(H,36,40)/t24-,25-,26+,28?,32+,33?/m1/s1. The van der Waals surface area contributed by atoms with E-state index in [-0.39, 0.29) is 24.3 Å². The molecular weight excluding hydrogens is 570 g/mol. The summed E-state index contributed by atoms with van der Waals surface area (Å²) in [5.74, 6) is -2.15. The van der Waals surface area contributed by atoms with E-state index in [1.165, 1.54) is 0 Å². The van der Waals surface area contributed by atoms with E-state index in [0.717, 1.165) is 16.7 Å². The quantitative estimate of drug-likeness (QED) is 0.332. The molecule has 3 aliphatic heterocycles. The number of thioether (sulfide) groups is 1. The lowest BCUT2D eigenvalue weighted by molar-refractivity contribution is -0.142. The number of anilines is 1. The van der Waals surface area contributed by atoms with Gasteiger partial charge in [0, 0.05) is 11.3 Å². The van der Waals surface area contributed by atoms with Gasteiger partial charge in [-0.25, -0.2) is 0 Å². The number of para-hydroxylation sites is 1. The molecular formula is C33H34ClN3O4S. The van der Waals surface area contributed by atoms with Crippen LogP contribution in [0.2, 0.25) is 5.02 Å². The summed E-state index contributed by atoms with van der Waals surface area (Å²) in [4.78, 5) is 44.4. The number of hydrogen-bond acceptors (Lipinski definition) is 5. The maximum Gasteiger partial charge on any atom is 0.248 e. The second-order valence-electron chi connectivity index (χ2n) is 11.7. The molecule has 0 saturated carbocycles. The average Bonchev–Trinajstić information content (AvgIpc) is 3.56. The molecule has 2 bridgehead atoms. The van der Waals surface area contributed by atoms with Crippen LogP contribution in [-0.2, 0) is 20.9 Å². The lowest BCUT2D eigenvalue weighted by Crippen LogP contribution is -2.53. The highest BCUT2D eigenvalue weighted by atomic mass is 35.5. The summed E-state index contributed by atoms with van der Waals surface area (Å²) in [5, 5.41) is 17.2. The average molecular weight is 604 g/mol. The number of likely N-dealkylation sites (tertiary alicyclic amines) is 1. The number of hydrogen-bond donors (Lipinski definition) is 3. The number of nitrogens with zero attached hydrogens (tertiary/aromatic N) is 1. The van der Waals surface area contributed by atoms with Crippen LogP contribution in [-0.4, -0.2) is 49.9 Å². The Labute approximate surface area is 255 Å². The lowest BCUT2D eigenvalue weighted by atomic mass is 9.66. The molecule has 3 saturated heterocycles. The summed E-state index contributed by atoms with van der Waals surface area (Å²) < 4.78 is -1.34. The predicted octanol–water partition coefficient (Wildman–Crippen LogP) is 5.12. The minimum atomic E-state index is -0.915. The van der Waals surface area contributed by atoms with Gasteiger partial charge in [0.1, 0.15) is 6.04 Å². The molecule has 2 unspecified atom stereocenters. The molecule has 3 aromatic rings. The maximum atomic E-state index is 14.6. The summed E-state index contributed by atoms with van der Waals surface area (Å²) in [7, 11) is 0. The molecule has 0 aliphatic carbocycles. The Bertz CT molecular complexity index is 1500. The van der Waals surface area contributed by atoms with Crippen LogP contribution in [0.25, 0.3) is 0 Å². The monoisotopic (exact) mass is 603 g/mol. The minimum absolute atomic E-state index is 0.183. The number of aliphatic hydroxyl groups excluding tert-OH is 1. The first-order valence-electron chi connectivity index (χ1n) is 14.3. The molecule has 3 aromatic carbocycles. The summed E-state index contributed by atoms with van der Waals surface area (Å²) in [5.41, 5.74) is 3.00. The van der Waals surface area contributed by atoms with E-state index >= 15 is 0 Å². The smallest absolute Gasteiger partial charge is 0.248 e. The molecule has 0 radical (unpaired) electrons. The number of carbonyl (C=O) groups is 3. The first-order valence-corrected chi connectivity index (χ1v) is 15.5. The van der Waals surface area contributed by atoms with E-state index in [0.29, 0.717) is 30.1 Å². The van der Waals surface area contributed by atoms with Gasteiger partial charge in [0.05, 0.1) is 39.9 Å². The Morgan fingerprint density at radius 1 is 1.02 bits per heavy atom. The molecule has 218 valence electrons. The van der Waals surface area contributed by atoms with Crippen LogP contribution in [0.4, 0.5) is 5.69 Å². The van der Waals surface area contributed by atoms with Gasteiger partial charge in [-0.15, -0.1) is 11.8 Å². The Balaban J connectivity index is 1.40. The topological polar surface area (TPSA) is 98.7 Å². The molecule has 6 rings (SSSR count). The number of benzene rings is 3. The first kappa shape index (κ1) is 28.8. The molecule has 42 heavy (non-hydrogen) atoms. The van der Waals surface area contributed by atoms with Gasteiger partial charge >= 0.3 is 0 Å². The molecule has 3 heterocycles. The van der Waals surface area contributed by atoms with Gasteiger partial charge in [0.25, 0.3) is 0 Å². The highest BCUT2D eigenvalue weighted by molar-refractivity contribution is 8.02. The largest absolute Gasteiger partial charge is 0.394 e.